The predicted molar refractivity (Wildman–Crippen MR) is 88.2 cm³/mol. The van der Waals surface area contributed by atoms with Gasteiger partial charge in [0.25, 0.3) is 0 Å². The number of hydrogen-bond donors (Lipinski definition) is 1. The lowest BCUT2D eigenvalue weighted by molar-refractivity contribution is -0.118. The van der Waals surface area contributed by atoms with Gasteiger partial charge < -0.3 is 5.73 Å². The summed E-state index contributed by atoms with van der Waals surface area (Å²) in [5.74, 6) is 0.212. The minimum absolute atomic E-state index is 0.212. The Balaban J connectivity index is 1.98. The summed E-state index contributed by atoms with van der Waals surface area (Å²) >= 11 is 3.54. The summed E-state index contributed by atoms with van der Waals surface area (Å²) in [5, 5.41) is 4.41. The number of rotatable bonds is 6. The molecule has 0 unspecified atom stereocenters. The third-order valence-corrected chi connectivity index (χ3v) is 4.43. The second-order valence-corrected chi connectivity index (χ2v) is 5.94. The molecule has 0 radical (unpaired) electrons. The zero-order chi connectivity index (χ0) is 15.4. The number of ketones is 1. The van der Waals surface area contributed by atoms with Gasteiger partial charge in [0, 0.05) is 25.6 Å². The molecule has 21 heavy (non-hydrogen) atoms. The third kappa shape index (κ3) is 3.94. The van der Waals surface area contributed by atoms with Gasteiger partial charge in [-0.1, -0.05) is 19.1 Å². The van der Waals surface area contributed by atoms with Gasteiger partial charge in [0.2, 0.25) is 0 Å². The van der Waals surface area contributed by atoms with Crippen LogP contribution < -0.4 is 5.73 Å². The maximum absolute atomic E-state index is 12.2. The molecule has 1 aromatic carbocycles. The Hall–Kier alpha value is -1.62. The van der Waals surface area contributed by atoms with Crippen LogP contribution in [0.4, 0.5) is 5.69 Å². The van der Waals surface area contributed by atoms with Gasteiger partial charge in [-0.3, -0.25) is 9.48 Å². The van der Waals surface area contributed by atoms with Crippen molar-refractivity contribution in [1.29, 1.82) is 0 Å². The van der Waals surface area contributed by atoms with E-state index in [4.69, 9.17) is 5.73 Å². The molecule has 2 aromatic rings. The molecule has 0 fully saturated rings. The largest absolute Gasteiger partial charge is 0.399 e. The van der Waals surface area contributed by atoms with Crippen molar-refractivity contribution < 1.29 is 4.79 Å². The third-order valence-electron chi connectivity index (χ3n) is 3.51. The van der Waals surface area contributed by atoms with Crippen LogP contribution in [0.2, 0.25) is 0 Å². The number of aromatic nitrogens is 2. The quantitative estimate of drug-likeness (QED) is 0.815. The van der Waals surface area contributed by atoms with Crippen molar-refractivity contribution in [2.45, 2.75) is 32.6 Å². The van der Waals surface area contributed by atoms with Crippen molar-refractivity contribution in [3.05, 3.63) is 45.7 Å². The maximum Gasteiger partial charge on any atom is 0.139 e. The van der Waals surface area contributed by atoms with Gasteiger partial charge in [-0.15, -0.1) is 0 Å². The number of nitrogen functional groups attached to an aromatic ring is 1. The van der Waals surface area contributed by atoms with Crippen LogP contribution in [0.5, 0.6) is 0 Å². The van der Waals surface area contributed by atoms with Crippen molar-refractivity contribution in [2.24, 2.45) is 7.05 Å². The summed E-state index contributed by atoms with van der Waals surface area (Å²) < 4.78 is 2.76. The van der Waals surface area contributed by atoms with E-state index in [2.05, 4.69) is 28.0 Å². The summed E-state index contributed by atoms with van der Waals surface area (Å²) in [5.41, 5.74) is 9.53. The molecule has 0 saturated heterocycles. The molecular formula is C16H20BrN3O. The van der Waals surface area contributed by atoms with Crippen LogP contribution in [0.3, 0.4) is 0 Å². The van der Waals surface area contributed by atoms with Crippen molar-refractivity contribution >= 4 is 27.4 Å². The molecular weight excluding hydrogens is 330 g/mol. The first-order chi connectivity index (χ1) is 10.0. The van der Waals surface area contributed by atoms with Crippen LogP contribution >= 0.6 is 15.9 Å². The highest BCUT2D eigenvalue weighted by Crippen LogP contribution is 2.22. The van der Waals surface area contributed by atoms with Crippen molar-refractivity contribution in [3.63, 3.8) is 0 Å². The number of benzene rings is 1. The second kappa shape index (κ2) is 6.89. The molecule has 0 bridgehead atoms. The van der Waals surface area contributed by atoms with Crippen LogP contribution in [-0.4, -0.2) is 15.6 Å². The molecule has 0 saturated carbocycles. The van der Waals surface area contributed by atoms with Crippen LogP contribution in [0.1, 0.15) is 30.3 Å². The second-order valence-electron chi connectivity index (χ2n) is 5.15. The molecule has 0 spiro atoms. The Labute approximate surface area is 133 Å². The molecule has 0 amide bonds. The lowest BCUT2D eigenvalue weighted by Crippen LogP contribution is -2.09. The van der Waals surface area contributed by atoms with Crippen LogP contribution in [0.15, 0.2) is 28.7 Å². The fourth-order valence-electron chi connectivity index (χ4n) is 2.32. The first-order valence-electron chi connectivity index (χ1n) is 7.07. The number of carbonyl (C=O) groups is 1. The summed E-state index contributed by atoms with van der Waals surface area (Å²) in [6.45, 7) is 2.05. The average molecular weight is 350 g/mol. The average Bonchev–Trinajstić information content (AvgIpc) is 2.72. The molecule has 5 heteroatoms. The van der Waals surface area contributed by atoms with E-state index in [0.717, 1.165) is 40.0 Å². The SMILES string of the molecule is CCc1nn(C)c(CC(=O)CCc2cccc(N)c2)c1Br. The van der Waals surface area contributed by atoms with E-state index in [0.29, 0.717) is 12.8 Å². The van der Waals surface area contributed by atoms with Crippen molar-refractivity contribution in [1.82, 2.24) is 9.78 Å². The Morgan fingerprint density at radius 2 is 2.19 bits per heavy atom. The van der Waals surface area contributed by atoms with Gasteiger partial charge >= 0.3 is 0 Å². The van der Waals surface area contributed by atoms with Gasteiger partial charge in [-0.05, 0) is 46.5 Å². The van der Waals surface area contributed by atoms with Gasteiger partial charge in [0.05, 0.1) is 15.9 Å². The Bertz CT molecular complexity index is 649. The zero-order valence-electron chi connectivity index (χ0n) is 12.4. The summed E-state index contributed by atoms with van der Waals surface area (Å²) in [4.78, 5) is 12.2. The highest BCUT2D eigenvalue weighted by Gasteiger charge is 2.15. The van der Waals surface area contributed by atoms with E-state index < -0.39 is 0 Å². The van der Waals surface area contributed by atoms with E-state index in [-0.39, 0.29) is 5.78 Å². The number of carbonyl (C=O) groups excluding carboxylic acids is 1. The van der Waals surface area contributed by atoms with Gasteiger partial charge in [0.1, 0.15) is 5.78 Å². The van der Waals surface area contributed by atoms with Crippen LogP contribution in [0, 0.1) is 0 Å². The normalized spacial score (nSPS) is 10.8. The molecule has 0 atom stereocenters. The summed E-state index contributed by atoms with van der Waals surface area (Å²) in [6, 6.07) is 7.69. The summed E-state index contributed by atoms with van der Waals surface area (Å²) in [6.07, 6.45) is 2.50. The molecule has 0 aliphatic rings. The molecule has 2 rings (SSSR count). The smallest absolute Gasteiger partial charge is 0.139 e. The van der Waals surface area contributed by atoms with E-state index in [9.17, 15) is 4.79 Å². The number of nitrogens with zero attached hydrogens (tertiary/aromatic N) is 2. The highest BCUT2D eigenvalue weighted by atomic mass is 79.9. The summed E-state index contributed by atoms with van der Waals surface area (Å²) in [7, 11) is 1.88. The fraction of sp³-hybridized carbons (Fsp3) is 0.375. The molecule has 2 N–H and O–H groups in total. The highest BCUT2D eigenvalue weighted by molar-refractivity contribution is 9.10. The van der Waals surface area contributed by atoms with E-state index >= 15 is 0 Å². The molecule has 1 aromatic heterocycles. The first kappa shape index (κ1) is 15.8. The standard InChI is InChI=1S/C16H20BrN3O/c1-3-14-16(17)15(20(2)19-14)10-13(21)8-7-11-5-4-6-12(18)9-11/h4-6,9H,3,7-8,10,18H2,1-2H3. The molecule has 0 aliphatic heterocycles. The molecule has 0 aliphatic carbocycles. The number of hydrogen-bond acceptors (Lipinski definition) is 3. The molecule has 4 nitrogen and oxygen atoms in total. The number of anilines is 1. The first-order valence-corrected chi connectivity index (χ1v) is 7.87. The van der Waals surface area contributed by atoms with Crippen LogP contribution in [-0.2, 0) is 31.1 Å². The Morgan fingerprint density at radius 3 is 2.81 bits per heavy atom. The number of Topliss-reactive ketones (excluding diaryl/α,β-unsaturated/α-hetero) is 1. The Morgan fingerprint density at radius 1 is 1.43 bits per heavy atom. The van der Waals surface area contributed by atoms with Crippen molar-refractivity contribution in [2.75, 3.05) is 5.73 Å². The van der Waals surface area contributed by atoms with E-state index in [1.54, 1.807) is 4.68 Å². The number of nitrogens with two attached hydrogens (primary N) is 1. The minimum Gasteiger partial charge on any atom is -0.399 e. The maximum atomic E-state index is 12.2. The van der Waals surface area contributed by atoms with Gasteiger partial charge in [0.15, 0.2) is 0 Å². The molecule has 1 heterocycles. The number of halogens is 1. The lowest BCUT2D eigenvalue weighted by atomic mass is 10.0. The monoisotopic (exact) mass is 349 g/mol. The molecule has 112 valence electrons. The van der Waals surface area contributed by atoms with Crippen molar-refractivity contribution in [3.8, 4) is 0 Å². The lowest BCUT2D eigenvalue weighted by Gasteiger charge is -2.04. The minimum atomic E-state index is 0.212. The topological polar surface area (TPSA) is 60.9 Å². The number of aryl methyl sites for hydroxylation is 3. The van der Waals surface area contributed by atoms with Crippen LogP contribution in [0.25, 0.3) is 0 Å². The van der Waals surface area contributed by atoms with E-state index in [1.807, 2.05) is 31.3 Å². The predicted octanol–water partition coefficient (Wildman–Crippen LogP) is 3.07. The van der Waals surface area contributed by atoms with Gasteiger partial charge in [-0.25, -0.2) is 0 Å². The zero-order valence-corrected chi connectivity index (χ0v) is 14.0. The van der Waals surface area contributed by atoms with E-state index in [1.165, 1.54) is 0 Å². The van der Waals surface area contributed by atoms with Gasteiger partial charge in [-0.2, -0.15) is 5.10 Å². The fourth-order valence-corrected chi connectivity index (χ4v) is 3.08. The Kier molecular flexibility index (Phi) is 5.17.